The van der Waals surface area contributed by atoms with Crippen LogP contribution in [-0.2, 0) is 11.2 Å². The van der Waals surface area contributed by atoms with Crippen LogP contribution in [0.25, 0.3) is 11.5 Å². The van der Waals surface area contributed by atoms with Gasteiger partial charge in [0.05, 0.1) is 0 Å². The minimum Gasteiger partial charge on any atom is -0.367 e. The Morgan fingerprint density at radius 2 is 2.22 bits per heavy atom. The summed E-state index contributed by atoms with van der Waals surface area (Å²) in [6.07, 6.45) is 3.98. The zero-order valence-corrected chi connectivity index (χ0v) is 13.5. The van der Waals surface area contributed by atoms with Crippen molar-refractivity contribution in [3.8, 4) is 11.5 Å². The number of pyridine rings is 1. The zero-order valence-electron chi connectivity index (χ0n) is 13.5. The van der Waals surface area contributed by atoms with Gasteiger partial charge in [0, 0.05) is 44.0 Å². The van der Waals surface area contributed by atoms with Crippen LogP contribution >= 0.6 is 0 Å². The number of aromatic nitrogens is 3. The Morgan fingerprint density at radius 3 is 2.91 bits per heavy atom. The van der Waals surface area contributed by atoms with Crippen LogP contribution in [-0.4, -0.2) is 45.4 Å². The largest absolute Gasteiger partial charge is 0.367 e. The lowest BCUT2D eigenvalue weighted by atomic mass is 10.0. The van der Waals surface area contributed by atoms with Crippen molar-refractivity contribution >= 4 is 11.7 Å². The third-order valence-electron chi connectivity index (χ3n) is 4.05. The third kappa shape index (κ3) is 3.64. The molecule has 3 heterocycles. The van der Waals surface area contributed by atoms with E-state index in [-0.39, 0.29) is 11.9 Å². The Balaban J connectivity index is 1.83. The second-order valence-corrected chi connectivity index (χ2v) is 5.79. The van der Waals surface area contributed by atoms with Crippen molar-refractivity contribution < 1.29 is 4.79 Å². The van der Waals surface area contributed by atoms with Gasteiger partial charge in [0.1, 0.15) is 11.5 Å². The first-order valence-corrected chi connectivity index (χ1v) is 7.95. The van der Waals surface area contributed by atoms with E-state index in [4.69, 9.17) is 0 Å². The molecule has 1 saturated heterocycles. The highest BCUT2D eigenvalue weighted by Gasteiger charge is 2.23. The van der Waals surface area contributed by atoms with E-state index in [9.17, 15) is 4.79 Å². The molecule has 120 valence electrons. The molecule has 6 nitrogen and oxygen atoms in total. The molecule has 3 rings (SSSR count). The van der Waals surface area contributed by atoms with Crippen molar-refractivity contribution in [1.82, 2.24) is 19.9 Å². The number of carbonyl (C=O) groups is 1. The van der Waals surface area contributed by atoms with Crippen LogP contribution in [0.1, 0.15) is 25.5 Å². The summed E-state index contributed by atoms with van der Waals surface area (Å²) in [7, 11) is 1.84. The number of hydrogen-bond donors (Lipinski definition) is 1. The Hall–Kier alpha value is -2.50. The summed E-state index contributed by atoms with van der Waals surface area (Å²) < 4.78 is 0. The molecule has 1 unspecified atom stereocenters. The van der Waals surface area contributed by atoms with Crippen molar-refractivity contribution in [1.29, 1.82) is 0 Å². The lowest BCUT2D eigenvalue weighted by molar-refractivity contribution is -0.132. The first-order valence-electron chi connectivity index (χ1n) is 7.95. The van der Waals surface area contributed by atoms with Crippen LogP contribution in [0, 0.1) is 0 Å². The van der Waals surface area contributed by atoms with E-state index in [1.807, 2.05) is 31.3 Å². The maximum Gasteiger partial charge on any atom is 0.224 e. The number of nitrogens with one attached hydrogen (secondary N) is 1. The van der Waals surface area contributed by atoms with Crippen LogP contribution in [0.3, 0.4) is 0 Å². The average molecular weight is 311 g/mol. The number of anilines is 1. The number of amides is 1. The SMILES string of the molecule is CCc1cc(NC2CCN(C)C(=O)C2)nc(-c2ccccn2)n1. The highest BCUT2D eigenvalue weighted by molar-refractivity contribution is 5.77. The van der Waals surface area contributed by atoms with Crippen molar-refractivity contribution in [3.05, 3.63) is 36.2 Å². The van der Waals surface area contributed by atoms with Gasteiger partial charge in [-0.3, -0.25) is 9.78 Å². The van der Waals surface area contributed by atoms with Gasteiger partial charge in [-0.25, -0.2) is 9.97 Å². The van der Waals surface area contributed by atoms with E-state index < -0.39 is 0 Å². The summed E-state index contributed by atoms with van der Waals surface area (Å²) in [5, 5.41) is 3.39. The highest BCUT2D eigenvalue weighted by Crippen LogP contribution is 2.19. The molecule has 0 bridgehead atoms. The van der Waals surface area contributed by atoms with Crippen LogP contribution in [0.2, 0.25) is 0 Å². The van der Waals surface area contributed by atoms with E-state index >= 15 is 0 Å². The van der Waals surface area contributed by atoms with E-state index in [1.165, 1.54) is 0 Å². The summed E-state index contributed by atoms with van der Waals surface area (Å²) in [6, 6.07) is 7.77. The molecule has 23 heavy (non-hydrogen) atoms. The number of nitrogens with zero attached hydrogens (tertiary/aromatic N) is 4. The Labute approximate surface area is 136 Å². The molecule has 1 atom stereocenters. The minimum absolute atomic E-state index is 0.120. The summed E-state index contributed by atoms with van der Waals surface area (Å²) >= 11 is 0. The molecule has 1 aliphatic rings. The predicted molar refractivity (Wildman–Crippen MR) is 88.9 cm³/mol. The standard InChI is InChI=1S/C17H21N5O/c1-3-12-10-15(19-13-7-9-22(2)16(23)11-13)21-17(20-12)14-6-4-5-8-18-14/h4-6,8,10,13H,3,7,9,11H2,1-2H3,(H,19,20,21). The van der Waals surface area contributed by atoms with E-state index in [1.54, 1.807) is 11.1 Å². The van der Waals surface area contributed by atoms with Gasteiger partial charge in [0.25, 0.3) is 0 Å². The van der Waals surface area contributed by atoms with Crippen LogP contribution < -0.4 is 5.32 Å². The molecule has 1 aliphatic heterocycles. The molecular formula is C17H21N5O. The Morgan fingerprint density at radius 1 is 1.35 bits per heavy atom. The second kappa shape index (κ2) is 6.73. The maximum absolute atomic E-state index is 11.8. The van der Waals surface area contributed by atoms with Crippen LogP contribution in [0.5, 0.6) is 0 Å². The number of likely N-dealkylation sites (tertiary alicyclic amines) is 1. The third-order valence-corrected chi connectivity index (χ3v) is 4.05. The van der Waals surface area contributed by atoms with Gasteiger partial charge < -0.3 is 10.2 Å². The van der Waals surface area contributed by atoms with Crippen molar-refractivity contribution in [2.75, 3.05) is 18.9 Å². The molecule has 2 aromatic heterocycles. The smallest absolute Gasteiger partial charge is 0.224 e. The molecule has 0 spiro atoms. The second-order valence-electron chi connectivity index (χ2n) is 5.79. The molecule has 0 aromatic carbocycles. The van der Waals surface area contributed by atoms with Gasteiger partial charge in [-0.05, 0) is 25.0 Å². The monoisotopic (exact) mass is 311 g/mol. The summed E-state index contributed by atoms with van der Waals surface area (Å²) in [5.41, 5.74) is 1.72. The van der Waals surface area contributed by atoms with E-state index in [2.05, 4.69) is 27.2 Å². The van der Waals surface area contributed by atoms with Crippen molar-refractivity contribution in [3.63, 3.8) is 0 Å². The number of aryl methyl sites for hydroxylation is 1. The topological polar surface area (TPSA) is 71.0 Å². The molecule has 0 saturated carbocycles. The fraction of sp³-hybridized carbons (Fsp3) is 0.412. The molecule has 1 amide bonds. The van der Waals surface area contributed by atoms with Crippen molar-refractivity contribution in [2.45, 2.75) is 32.2 Å². The molecule has 2 aromatic rings. The average Bonchev–Trinajstić information content (AvgIpc) is 2.58. The van der Waals surface area contributed by atoms with E-state index in [0.717, 1.165) is 36.6 Å². The molecule has 0 aliphatic carbocycles. The fourth-order valence-corrected chi connectivity index (χ4v) is 2.64. The highest BCUT2D eigenvalue weighted by atomic mass is 16.2. The van der Waals surface area contributed by atoms with Gasteiger partial charge in [-0.2, -0.15) is 0 Å². The normalized spacial score (nSPS) is 18.1. The Bertz CT molecular complexity index is 689. The van der Waals surface area contributed by atoms with E-state index in [0.29, 0.717) is 12.2 Å². The van der Waals surface area contributed by atoms with Gasteiger partial charge in [-0.15, -0.1) is 0 Å². The van der Waals surface area contributed by atoms with Crippen LogP contribution in [0.15, 0.2) is 30.5 Å². The molecular weight excluding hydrogens is 290 g/mol. The molecule has 1 fully saturated rings. The first kappa shape index (κ1) is 15.4. The number of carbonyl (C=O) groups excluding carboxylic acids is 1. The first-order chi connectivity index (χ1) is 11.2. The lowest BCUT2D eigenvalue weighted by Gasteiger charge is -2.29. The molecule has 0 radical (unpaired) electrons. The summed E-state index contributed by atoms with van der Waals surface area (Å²) in [4.78, 5) is 27.1. The van der Waals surface area contributed by atoms with Crippen LogP contribution in [0.4, 0.5) is 5.82 Å². The summed E-state index contributed by atoms with van der Waals surface area (Å²) in [5.74, 6) is 1.55. The molecule has 6 heteroatoms. The van der Waals surface area contributed by atoms with Gasteiger partial charge >= 0.3 is 0 Å². The Kier molecular flexibility index (Phi) is 4.50. The number of piperidine rings is 1. The number of rotatable bonds is 4. The summed E-state index contributed by atoms with van der Waals surface area (Å²) in [6.45, 7) is 2.84. The van der Waals surface area contributed by atoms with Gasteiger partial charge in [0.2, 0.25) is 5.91 Å². The molecule has 1 N–H and O–H groups in total. The van der Waals surface area contributed by atoms with Gasteiger partial charge in [0.15, 0.2) is 5.82 Å². The lowest BCUT2D eigenvalue weighted by Crippen LogP contribution is -2.41. The van der Waals surface area contributed by atoms with Gasteiger partial charge in [-0.1, -0.05) is 13.0 Å². The van der Waals surface area contributed by atoms with Crippen molar-refractivity contribution in [2.24, 2.45) is 0 Å². The minimum atomic E-state index is 0.120. The predicted octanol–water partition coefficient (Wildman–Crippen LogP) is 2.13. The fourth-order valence-electron chi connectivity index (χ4n) is 2.64. The maximum atomic E-state index is 11.8. The number of hydrogen-bond acceptors (Lipinski definition) is 5. The quantitative estimate of drug-likeness (QED) is 0.936. The zero-order chi connectivity index (χ0) is 16.2.